The molecule has 0 aliphatic carbocycles. The number of nitrogens with zero attached hydrogens (tertiary/aromatic N) is 1. The van der Waals surface area contributed by atoms with Gasteiger partial charge in [0.25, 0.3) is 0 Å². The number of hydrogen-bond donors (Lipinski definition) is 1. The van der Waals surface area contributed by atoms with Crippen molar-refractivity contribution in [2.45, 2.75) is 58.2 Å². The second-order valence-electron chi connectivity index (χ2n) is 4.93. The molecule has 2 heterocycles. The van der Waals surface area contributed by atoms with Crippen LogP contribution in [0.3, 0.4) is 0 Å². The molecule has 3 heteroatoms. The first-order chi connectivity index (χ1) is 8.33. The summed E-state index contributed by atoms with van der Waals surface area (Å²) in [6.07, 6.45) is 6.52. The van der Waals surface area contributed by atoms with E-state index in [9.17, 15) is 0 Å². The highest BCUT2D eigenvalue weighted by atomic mass is 16.4. The van der Waals surface area contributed by atoms with Gasteiger partial charge in [0.05, 0.1) is 6.54 Å². The lowest BCUT2D eigenvalue weighted by Gasteiger charge is -2.35. The third-order valence-electron chi connectivity index (χ3n) is 3.60. The summed E-state index contributed by atoms with van der Waals surface area (Å²) >= 11 is 0. The SMILES string of the molecule is CCCC1CCCCN1Cc1ccc(CO)o1. The Hall–Kier alpha value is -0.800. The van der Waals surface area contributed by atoms with E-state index in [1.54, 1.807) is 0 Å². The standard InChI is InChI=1S/C14H23NO2/c1-2-5-12-6-3-4-9-15(12)10-13-7-8-14(11-16)17-13/h7-8,12,16H,2-6,9-11H2,1H3. The minimum Gasteiger partial charge on any atom is -0.462 e. The van der Waals surface area contributed by atoms with Crippen LogP contribution in [-0.4, -0.2) is 22.6 Å². The summed E-state index contributed by atoms with van der Waals surface area (Å²) in [7, 11) is 0. The summed E-state index contributed by atoms with van der Waals surface area (Å²) in [6, 6.07) is 4.58. The van der Waals surface area contributed by atoms with Gasteiger partial charge in [0, 0.05) is 6.04 Å². The quantitative estimate of drug-likeness (QED) is 0.855. The second-order valence-corrected chi connectivity index (χ2v) is 4.93. The van der Waals surface area contributed by atoms with Crippen LogP contribution >= 0.6 is 0 Å². The maximum Gasteiger partial charge on any atom is 0.129 e. The average Bonchev–Trinajstić information content (AvgIpc) is 2.80. The first-order valence-corrected chi connectivity index (χ1v) is 6.76. The molecule has 0 spiro atoms. The van der Waals surface area contributed by atoms with Crippen LogP contribution in [-0.2, 0) is 13.2 Å². The number of aliphatic hydroxyl groups excluding tert-OH is 1. The summed E-state index contributed by atoms with van der Waals surface area (Å²) in [5.74, 6) is 1.65. The van der Waals surface area contributed by atoms with Crippen molar-refractivity contribution < 1.29 is 9.52 Å². The first-order valence-electron chi connectivity index (χ1n) is 6.76. The van der Waals surface area contributed by atoms with Crippen LogP contribution in [0.2, 0.25) is 0 Å². The molecule has 3 nitrogen and oxygen atoms in total. The number of piperidine rings is 1. The number of aliphatic hydroxyl groups is 1. The zero-order valence-corrected chi connectivity index (χ0v) is 10.7. The van der Waals surface area contributed by atoms with Crippen molar-refractivity contribution in [1.82, 2.24) is 4.90 Å². The van der Waals surface area contributed by atoms with Crippen LogP contribution in [0.5, 0.6) is 0 Å². The fourth-order valence-electron chi connectivity index (χ4n) is 2.72. The van der Waals surface area contributed by atoms with Crippen LogP contribution in [0.1, 0.15) is 50.5 Å². The van der Waals surface area contributed by atoms with Gasteiger partial charge in [-0.2, -0.15) is 0 Å². The Bertz CT molecular complexity index is 333. The molecule has 0 radical (unpaired) electrons. The molecule has 1 aromatic heterocycles. The van der Waals surface area contributed by atoms with Crippen molar-refractivity contribution in [2.24, 2.45) is 0 Å². The van der Waals surface area contributed by atoms with Crippen LogP contribution in [0.25, 0.3) is 0 Å². The molecule has 2 rings (SSSR count). The number of rotatable bonds is 5. The maximum atomic E-state index is 8.99. The molecule has 96 valence electrons. The van der Waals surface area contributed by atoms with Gasteiger partial charge in [-0.25, -0.2) is 0 Å². The minimum atomic E-state index is -0.00160. The Kier molecular flexibility index (Phi) is 4.63. The minimum absolute atomic E-state index is 0.00160. The second kappa shape index (κ2) is 6.22. The predicted molar refractivity (Wildman–Crippen MR) is 67.6 cm³/mol. The van der Waals surface area contributed by atoms with E-state index in [0.29, 0.717) is 5.76 Å². The molecule has 1 N–H and O–H groups in total. The Morgan fingerprint density at radius 3 is 2.88 bits per heavy atom. The van der Waals surface area contributed by atoms with Gasteiger partial charge in [-0.3, -0.25) is 4.90 Å². The first kappa shape index (κ1) is 12.7. The summed E-state index contributed by atoms with van der Waals surface area (Å²) in [5.41, 5.74) is 0. The number of hydrogen-bond acceptors (Lipinski definition) is 3. The average molecular weight is 237 g/mol. The number of furan rings is 1. The van der Waals surface area contributed by atoms with E-state index in [1.165, 1.54) is 38.6 Å². The van der Waals surface area contributed by atoms with E-state index < -0.39 is 0 Å². The molecule has 1 saturated heterocycles. The topological polar surface area (TPSA) is 36.6 Å². The van der Waals surface area contributed by atoms with E-state index in [4.69, 9.17) is 9.52 Å². The van der Waals surface area contributed by atoms with Crippen molar-refractivity contribution in [2.75, 3.05) is 6.54 Å². The van der Waals surface area contributed by atoms with Gasteiger partial charge in [0.2, 0.25) is 0 Å². The smallest absolute Gasteiger partial charge is 0.129 e. The summed E-state index contributed by atoms with van der Waals surface area (Å²) in [4.78, 5) is 2.53. The van der Waals surface area contributed by atoms with E-state index in [2.05, 4.69) is 11.8 Å². The Balaban J connectivity index is 1.95. The van der Waals surface area contributed by atoms with Gasteiger partial charge in [-0.05, 0) is 37.9 Å². The lowest BCUT2D eigenvalue weighted by Crippen LogP contribution is -2.38. The van der Waals surface area contributed by atoms with E-state index in [1.807, 2.05) is 12.1 Å². The molecule has 1 aliphatic heterocycles. The summed E-state index contributed by atoms with van der Waals surface area (Å²) < 4.78 is 5.57. The van der Waals surface area contributed by atoms with E-state index >= 15 is 0 Å². The lowest BCUT2D eigenvalue weighted by atomic mass is 9.98. The van der Waals surface area contributed by atoms with E-state index in [-0.39, 0.29) is 6.61 Å². The van der Waals surface area contributed by atoms with Gasteiger partial charge in [0.15, 0.2) is 0 Å². The lowest BCUT2D eigenvalue weighted by molar-refractivity contribution is 0.120. The van der Waals surface area contributed by atoms with Crippen LogP contribution in [0.4, 0.5) is 0 Å². The van der Waals surface area contributed by atoms with Gasteiger partial charge in [0.1, 0.15) is 18.1 Å². The Morgan fingerprint density at radius 1 is 1.35 bits per heavy atom. The van der Waals surface area contributed by atoms with Crippen molar-refractivity contribution in [3.8, 4) is 0 Å². The Labute approximate surface area is 103 Å². The molecule has 0 amide bonds. The molecular weight excluding hydrogens is 214 g/mol. The van der Waals surface area contributed by atoms with Gasteiger partial charge in [-0.1, -0.05) is 19.8 Å². The zero-order chi connectivity index (χ0) is 12.1. The fourth-order valence-corrected chi connectivity index (χ4v) is 2.72. The molecule has 1 unspecified atom stereocenters. The molecule has 1 aliphatic rings. The highest BCUT2D eigenvalue weighted by Gasteiger charge is 2.22. The highest BCUT2D eigenvalue weighted by molar-refractivity contribution is 5.06. The molecule has 0 bridgehead atoms. The van der Waals surface area contributed by atoms with Gasteiger partial charge in [-0.15, -0.1) is 0 Å². The van der Waals surface area contributed by atoms with Crippen LogP contribution < -0.4 is 0 Å². The molecule has 1 aromatic rings. The van der Waals surface area contributed by atoms with Crippen LogP contribution in [0.15, 0.2) is 16.5 Å². The van der Waals surface area contributed by atoms with E-state index in [0.717, 1.165) is 18.3 Å². The zero-order valence-electron chi connectivity index (χ0n) is 10.7. The molecule has 1 atom stereocenters. The molecule has 17 heavy (non-hydrogen) atoms. The molecule has 0 aromatic carbocycles. The monoisotopic (exact) mass is 237 g/mol. The van der Waals surface area contributed by atoms with Gasteiger partial charge < -0.3 is 9.52 Å². The normalized spacial score (nSPS) is 21.9. The largest absolute Gasteiger partial charge is 0.462 e. The Morgan fingerprint density at radius 2 is 2.18 bits per heavy atom. The predicted octanol–water partition coefficient (Wildman–Crippen LogP) is 2.93. The third-order valence-corrected chi connectivity index (χ3v) is 3.60. The fraction of sp³-hybridized carbons (Fsp3) is 0.714. The summed E-state index contributed by atoms with van der Waals surface area (Å²) in [6.45, 7) is 4.33. The van der Waals surface area contributed by atoms with Crippen LogP contribution in [0, 0.1) is 0 Å². The molecule has 1 fully saturated rings. The molecule has 0 saturated carbocycles. The summed E-state index contributed by atoms with van der Waals surface area (Å²) in [5, 5.41) is 8.99. The van der Waals surface area contributed by atoms with Crippen molar-refractivity contribution >= 4 is 0 Å². The molecular formula is C14H23NO2. The van der Waals surface area contributed by atoms with Gasteiger partial charge >= 0.3 is 0 Å². The van der Waals surface area contributed by atoms with Crippen molar-refractivity contribution in [1.29, 1.82) is 0 Å². The highest BCUT2D eigenvalue weighted by Crippen LogP contribution is 2.23. The maximum absolute atomic E-state index is 8.99. The number of likely N-dealkylation sites (tertiary alicyclic amines) is 1. The van der Waals surface area contributed by atoms with Crippen molar-refractivity contribution in [3.63, 3.8) is 0 Å². The van der Waals surface area contributed by atoms with Crippen molar-refractivity contribution in [3.05, 3.63) is 23.7 Å². The third kappa shape index (κ3) is 3.33.